The number of nitrogens with zero attached hydrogens (tertiary/aromatic N) is 1. The lowest BCUT2D eigenvalue weighted by Crippen LogP contribution is -2.32. The first kappa shape index (κ1) is 15.3. The smallest absolute Gasteiger partial charge is 0.256 e. The lowest BCUT2D eigenvalue weighted by atomic mass is 10.2. The first-order chi connectivity index (χ1) is 11.1. The molecular formula is C16H14ClN3O3. The molecule has 0 saturated heterocycles. The van der Waals surface area contributed by atoms with Crippen molar-refractivity contribution >= 4 is 34.1 Å². The summed E-state index contributed by atoms with van der Waals surface area (Å²) in [7, 11) is 0. The van der Waals surface area contributed by atoms with E-state index in [2.05, 4.69) is 15.5 Å². The monoisotopic (exact) mass is 331 g/mol. The van der Waals surface area contributed by atoms with Gasteiger partial charge in [0.2, 0.25) is 0 Å². The SMILES string of the molecule is O=C(Nc1ccc2[nH]ncc2c1)[C@@H](O)COc1ccc(Cl)cc1. The van der Waals surface area contributed by atoms with Gasteiger partial charge in [0, 0.05) is 16.1 Å². The number of aromatic nitrogens is 2. The molecule has 3 aromatic rings. The molecule has 0 aliphatic carbocycles. The van der Waals surface area contributed by atoms with E-state index in [1.165, 1.54) is 0 Å². The van der Waals surface area contributed by atoms with Crippen LogP contribution in [0, 0.1) is 0 Å². The summed E-state index contributed by atoms with van der Waals surface area (Å²) >= 11 is 5.77. The Kier molecular flexibility index (Phi) is 4.45. The van der Waals surface area contributed by atoms with Crippen molar-refractivity contribution in [3.63, 3.8) is 0 Å². The van der Waals surface area contributed by atoms with Crippen LogP contribution in [0.3, 0.4) is 0 Å². The predicted molar refractivity (Wildman–Crippen MR) is 87.7 cm³/mol. The van der Waals surface area contributed by atoms with Crippen molar-refractivity contribution in [1.29, 1.82) is 0 Å². The van der Waals surface area contributed by atoms with Gasteiger partial charge in [-0.05, 0) is 42.5 Å². The fourth-order valence-electron chi connectivity index (χ4n) is 2.03. The quantitative estimate of drug-likeness (QED) is 0.670. The normalized spacial score (nSPS) is 12.1. The third-order valence-corrected chi connectivity index (χ3v) is 3.48. The van der Waals surface area contributed by atoms with E-state index < -0.39 is 12.0 Å². The van der Waals surface area contributed by atoms with E-state index in [1.807, 2.05) is 0 Å². The summed E-state index contributed by atoms with van der Waals surface area (Å²) in [6, 6.07) is 12.0. The Morgan fingerprint density at radius 2 is 2.09 bits per heavy atom. The van der Waals surface area contributed by atoms with E-state index >= 15 is 0 Å². The fourth-order valence-corrected chi connectivity index (χ4v) is 2.15. The largest absolute Gasteiger partial charge is 0.490 e. The van der Waals surface area contributed by atoms with Crippen molar-refractivity contribution in [1.82, 2.24) is 10.2 Å². The molecule has 7 heteroatoms. The molecule has 23 heavy (non-hydrogen) atoms. The second kappa shape index (κ2) is 6.68. The Bertz CT molecular complexity index is 817. The van der Waals surface area contributed by atoms with Crippen LogP contribution in [-0.4, -0.2) is 33.9 Å². The first-order valence-electron chi connectivity index (χ1n) is 6.92. The molecule has 0 spiro atoms. The van der Waals surface area contributed by atoms with Crippen molar-refractivity contribution in [2.45, 2.75) is 6.10 Å². The molecule has 0 fully saturated rings. The lowest BCUT2D eigenvalue weighted by molar-refractivity contribution is -0.125. The van der Waals surface area contributed by atoms with Gasteiger partial charge in [0.1, 0.15) is 12.4 Å². The molecule has 3 rings (SSSR count). The number of benzene rings is 2. The van der Waals surface area contributed by atoms with Crippen LogP contribution in [0.15, 0.2) is 48.7 Å². The number of amides is 1. The summed E-state index contributed by atoms with van der Waals surface area (Å²) in [5.74, 6) is -0.0112. The summed E-state index contributed by atoms with van der Waals surface area (Å²) in [4.78, 5) is 12.0. The molecule has 118 valence electrons. The van der Waals surface area contributed by atoms with Gasteiger partial charge < -0.3 is 15.2 Å². The molecule has 0 unspecified atom stereocenters. The van der Waals surface area contributed by atoms with Crippen LogP contribution < -0.4 is 10.1 Å². The van der Waals surface area contributed by atoms with E-state index in [9.17, 15) is 9.90 Å². The van der Waals surface area contributed by atoms with Gasteiger partial charge in [-0.1, -0.05) is 11.6 Å². The third kappa shape index (κ3) is 3.80. The first-order valence-corrected chi connectivity index (χ1v) is 7.30. The molecule has 0 bridgehead atoms. The van der Waals surface area contributed by atoms with Crippen molar-refractivity contribution in [2.75, 3.05) is 11.9 Å². The predicted octanol–water partition coefficient (Wildman–Crippen LogP) is 2.59. The number of rotatable bonds is 5. The Hall–Kier alpha value is -2.57. The molecule has 1 amide bonds. The summed E-state index contributed by atoms with van der Waals surface area (Å²) in [5, 5.41) is 20.7. The molecule has 6 nitrogen and oxygen atoms in total. The highest BCUT2D eigenvalue weighted by atomic mass is 35.5. The van der Waals surface area contributed by atoms with Gasteiger partial charge in [0.05, 0.1) is 11.7 Å². The van der Waals surface area contributed by atoms with Crippen molar-refractivity contribution in [3.8, 4) is 5.75 Å². The van der Waals surface area contributed by atoms with Gasteiger partial charge in [-0.2, -0.15) is 5.10 Å². The molecule has 0 aliphatic heterocycles. The van der Waals surface area contributed by atoms with Crippen LogP contribution in [0.2, 0.25) is 5.02 Å². The standard InChI is InChI=1S/C16H14ClN3O3/c17-11-1-4-13(5-2-11)23-9-15(21)16(22)19-12-3-6-14-10(7-12)8-18-20-14/h1-8,15,21H,9H2,(H,18,20)(H,19,22)/t15-/m0/s1. The number of aromatic amines is 1. The van der Waals surface area contributed by atoms with Gasteiger partial charge >= 0.3 is 0 Å². The number of halogens is 1. The summed E-state index contributed by atoms with van der Waals surface area (Å²) in [6.45, 7) is -0.151. The molecule has 0 aliphatic rings. The molecule has 1 aromatic heterocycles. The highest BCUT2D eigenvalue weighted by Gasteiger charge is 2.16. The van der Waals surface area contributed by atoms with Crippen LogP contribution in [0.5, 0.6) is 5.75 Å². The zero-order chi connectivity index (χ0) is 16.2. The highest BCUT2D eigenvalue weighted by molar-refractivity contribution is 6.30. The maximum absolute atomic E-state index is 12.0. The zero-order valence-corrected chi connectivity index (χ0v) is 12.7. The van der Waals surface area contributed by atoms with Crippen LogP contribution in [0.25, 0.3) is 10.9 Å². The minimum absolute atomic E-state index is 0.151. The second-order valence-electron chi connectivity index (χ2n) is 4.94. The molecular weight excluding hydrogens is 318 g/mol. The van der Waals surface area contributed by atoms with Gasteiger partial charge in [0.15, 0.2) is 6.10 Å². The van der Waals surface area contributed by atoms with E-state index in [4.69, 9.17) is 16.3 Å². The van der Waals surface area contributed by atoms with Crippen molar-refractivity contribution in [3.05, 3.63) is 53.7 Å². The Morgan fingerprint density at radius 1 is 1.30 bits per heavy atom. The Morgan fingerprint density at radius 3 is 2.87 bits per heavy atom. The van der Waals surface area contributed by atoms with Gasteiger partial charge in [-0.15, -0.1) is 0 Å². The molecule has 1 heterocycles. The van der Waals surface area contributed by atoms with Crippen molar-refractivity contribution < 1.29 is 14.6 Å². The van der Waals surface area contributed by atoms with Crippen LogP contribution in [0.4, 0.5) is 5.69 Å². The Labute approximate surface area is 137 Å². The number of H-pyrrole nitrogens is 1. The van der Waals surface area contributed by atoms with Crippen LogP contribution in [0.1, 0.15) is 0 Å². The highest BCUT2D eigenvalue weighted by Crippen LogP contribution is 2.18. The molecule has 3 N–H and O–H groups in total. The second-order valence-corrected chi connectivity index (χ2v) is 5.38. The topological polar surface area (TPSA) is 87.2 Å². The number of ether oxygens (including phenoxy) is 1. The molecule has 1 atom stereocenters. The minimum Gasteiger partial charge on any atom is -0.490 e. The third-order valence-electron chi connectivity index (χ3n) is 3.23. The van der Waals surface area contributed by atoms with Crippen LogP contribution in [-0.2, 0) is 4.79 Å². The average molecular weight is 332 g/mol. The maximum atomic E-state index is 12.0. The van der Waals surface area contributed by atoms with Gasteiger partial charge in [-0.25, -0.2) is 0 Å². The average Bonchev–Trinajstić information content (AvgIpc) is 3.01. The minimum atomic E-state index is -1.29. The van der Waals surface area contributed by atoms with Crippen LogP contribution >= 0.6 is 11.6 Å². The number of carbonyl (C=O) groups is 1. The summed E-state index contributed by atoms with van der Waals surface area (Å²) in [6.07, 6.45) is 0.371. The van der Waals surface area contributed by atoms with E-state index in [0.717, 1.165) is 10.9 Å². The number of fused-ring (bicyclic) bond motifs is 1. The number of hydrogen-bond acceptors (Lipinski definition) is 4. The molecule has 2 aromatic carbocycles. The van der Waals surface area contributed by atoms with Gasteiger partial charge in [0.25, 0.3) is 5.91 Å². The van der Waals surface area contributed by atoms with Gasteiger partial charge in [-0.3, -0.25) is 9.89 Å². The maximum Gasteiger partial charge on any atom is 0.256 e. The number of aliphatic hydroxyl groups excluding tert-OH is 1. The number of anilines is 1. The molecule has 0 radical (unpaired) electrons. The van der Waals surface area contributed by atoms with E-state index in [0.29, 0.717) is 16.5 Å². The van der Waals surface area contributed by atoms with E-state index in [1.54, 1.807) is 48.7 Å². The van der Waals surface area contributed by atoms with Crippen molar-refractivity contribution in [2.24, 2.45) is 0 Å². The number of aliphatic hydroxyl groups is 1. The van der Waals surface area contributed by atoms with E-state index in [-0.39, 0.29) is 6.61 Å². The lowest BCUT2D eigenvalue weighted by Gasteiger charge is -2.13. The molecule has 0 saturated carbocycles. The Balaban J connectivity index is 1.57. The fraction of sp³-hybridized carbons (Fsp3) is 0.125. The number of hydrogen-bond donors (Lipinski definition) is 3. The number of nitrogens with one attached hydrogen (secondary N) is 2. The summed E-state index contributed by atoms with van der Waals surface area (Å²) in [5.41, 5.74) is 1.45. The number of carbonyl (C=O) groups excluding carboxylic acids is 1. The zero-order valence-electron chi connectivity index (χ0n) is 12.0. The summed E-state index contributed by atoms with van der Waals surface area (Å²) < 4.78 is 5.35.